The van der Waals surface area contributed by atoms with Gasteiger partial charge < -0.3 is 15.8 Å². The molecule has 19 heavy (non-hydrogen) atoms. The van der Waals surface area contributed by atoms with Gasteiger partial charge in [0.25, 0.3) is 0 Å². The molecular weight excluding hydrogens is 254 g/mol. The van der Waals surface area contributed by atoms with Crippen molar-refractivity contribution in [1.82, 2.24) is 0 Å². The van der Waals surface area contributed by atoms with Crippen molar-refractivity contribution >= 4 is 11.6 Å². The van der Waals surface area contributed by atoms with Gasteiger partial charge >= 0.3 is 6.61 Å². The molecule has 3 N–H and O–H groups in total. The summed E-state index contributed by atoms with van der Waals surface area (Å²) in [6, 6.07) is 5.78. The Hall–Kier alpha value is -1.69. The minimum absolute atomic E-state index is 0.0132. The summed E-state index contributed by atoms with van der Waals surface area (Å²) in [6.45, 7) is -2.88. The van der Waals surface area contributed by atoms with Crippen molar-refractivity contribution in [3.05, 3.63) is 24.3 Å². The molecule has 0 heterocycles. The Kier molecular flexibility index (Phi) is 4.31. The molecule has 0 aliphatic heterocycles. The first-order valence-corrected chi connectivity index (χ1v) is 6.15. The molecule has 1 atom stereocenters. The quantitative estimate of drug-likeness (QED) is 0.834. The number of ether oxygens (including phenoxy) is 1. The van der Waals surface area contributed by atoms with Crippen LogP contribution in [-0.2, 0) is 4.79 Å². The van der Waals surface area contributed by atoms with Gasteiger partial charge in [0.1, 0.15) is 5.75 Å². The fraction of sp³-hybridized carbons (Fsp3) is 0.462. The lowest BCUT2D eigenvalue weighted by Gasteiger charge is -2.11. The topological polar surface area (TPSA) is 64.4 Å². The molecule has 2 rings (SSSR count). The molecule has 0 saturated heterocycles. The molecule has 1 unspecified atom stereocenters. The second kappa shape index (κ2) is 5.97. The standard InChI is InChI=1S/C13H16F2N2O2/c14-13(15)19-10-3-1-2-9(6-10)17-12(18)7-11(16)8-4-5-8/h1-3,6,8,11,13H,4-5,7,16H2,(H,17,18). The minimum atomic E-state index is -2.88. The molecule has 0 aromatic heterocycles. The normalized spacial score (nSPS) is 16.2. The van der Waals surface area contributed by atoms with Crippen molar-refractivity contribution in [1.29, 1.82) is 0 Å². The molecule has 0 radical (unpaired) electrons. The second-order valence-corrected chi connectivity index (χ2v) is 4.66. The predicted octanol–water partition coefficient (Wildman–Crippen LogP) is 2.35. The summed E-state index contributed by atoms with van der Waals surface area (Å²) in [7, 11) is 0. The average Bonchev–Trinajstić information content (AvgIpc) is 3.11. The van der Waals surface area contributed by atoms with Gasteiger partial charge in [0.05, 0.1) is 0 Å². The lowest BCUT2D eigenvalue weighted by Crippen LogP contribution is -2.28. The number of halogens is 2. The van der Waals surface area contributed by atoms with Crippen LogP contribution >= 0.6 is 0 Å². The molecule has 6 heteroatoms. The zero-order valence-electron chi connectivity index (χ0n) is 10.3. The van der Waals surface area contributed by atoms with Gasteiger partial charge in [-0.15, -0.1) is 0 Å². The van der Waals surface area contributed by atoms with Crippen molar-refractivity contribution < 1.29 is 18.3 Å². The minimum Gasteiger partial charge on any atom is -0.435 e. The van der Waals surface area contributed by atoms with E-state index in [2.05, 4.69) is 10.1 Å². The van der Waals surface area contributed by atoms with Crippen molar-refractivity contribution in [2.45, 2.75) is 31.9 Å². The third kappa shape index (κ3) is 4.48. The highest BCUT2D eigenvalue weighted by Gasteiger charge is 2.29. The van der Waals surface area contributed by atoms with E-state index in [1.165, 1.54) is 18.2 Å². The summed E-state index contributed by atoms with van der Waals surface area (Å²) in [5.41, 5.74) is 6.27. The summed E-state index contributed by atoms with van der Waals surface area (Å²) in [4.78, 5) is 11.7. The summed E-state index contributed by atoms with van der Waals surface area (Å²) >= 11 is 0. The van der Waals surface area contributed by atoms with E-state index in [0.717, 1.165) is 12.8 Å². The monoisotopic (exact) mass is 270 g/mol. The number of hydrogen-bond acceptors (Lipinski definition) is 3. The smallest absolute Gasteiger partial charge is 0.387 e. The van der Waals surface area contributed by atoms with Crippen LogP contribution in [0.25, 0.3) is 0 Å². The summed E-state index contributed by atoms with van der Waals surface area (Å²) < 4.78 is 28.4. The molecule has 1 fully saturated rings. The van der Waals surface area contributed by atoms with E-state index in [1.54, 1.807) is 6.07 Å². The van der Waals surface area contributed by atoms with Gasteiger partial charge in [0.2, 0.25) is 5.91 Å². The summed E-state index contributed by atoms with van der Waals surface area (Å²) in [6.07, 6.45) is 2.39. The highest BCUT2D eigenvalue weighted by atomic mass is 19.3. The van der Waals surface area contributed by atoms with Gasteiger partial charge in [-0.1, -0.05) is 6.07 Å². The SMILES string of the molecule is NC(CC(=O)Nc1cccc(OC(F)F)c1)C1CC1. The van der Waals surface area contributed by atoms with Crippen molar-refractivity contribution in [2.75, 3.05) is 5.32 Å². The Morgan fingerprint density at radius 1 is 1.47 bits per heavy atom. The zero-order valence-corrected chi connectivity index (χ0v) is 10.3. The fourth-order valence-corrected chi connectivity index (χ4v) is 1.87. The number of nitrogens with two attached hydrogens (primary N) is 1. The lowest BCUT2D eigenvalue weighted by atomic mass is 10.1. The van der Waals surface area contributed by atoms with Crippen molar-refractivity contribution in [3.63, 3.8) is 0 Å². The number of nitrogens with one attached hydrogen (secondary N) is 1. The van der Waals surface area contributed by atoms with Gasteiger partial charge in [-0.25, -0.2) is 0 Å². The Morgan fingerprint density at radius 3 is 2.84 bits per heavy atom. The fourth-order valence-electron chi connectivity index (χ4n) is 1.87. The third-order valence-electron chi connectivity index (χ3n) is 2.99. The van der Waals surface area contributed by atoms with E-state index in [-0.39, 0.29) is 24.1 Å². The third-order valence-corrected chi connectivity index (χ3v) is 2.99. The van der Waals surface area contributed by atoms with Crippen LogP contribution in [0.3, 0.4) is 0 Å². The van der Waals surface area contributed by atoms with Gasteiger partial charge in [-0.2, -0.15) is 8.78 Å². The maximum atomic E-state index is 12.1. The maximum absolute atomic E-state index is 12.1. The first kappa shape index (κ1) is 13.7. The Bertz CT molecular complexity index is 450. The van der Waals surface area contributed by atoms with Crippen LogP contribution in [0.1, 0.15) is 19.3 Å². The predicted molar refractivity (Wildman–Crippen MR) is 67.0 cm³/mol. The number of rotatable bonds is 6. The highest BCUT2D eigenvalue weighted by Crippen LogP contribution is 2.32. The molecule has 0 spiro atoms. The van der Waals surface area contributed by atoms with Crippen LogP contribution < -0.4 is 15.8 Å². The van der Waals surface area contributed by atoms with Crippen molar-refractivity contribution in [2.24, 2.45) is 11.7 Å². The summed E-state index contributed by atoms with van der Waals surface area (Å²) in [5.74, 6) is 0.243. The van der Waals surface area contributed by atoms with Crippen LogP contribution in [0.2, 0.25) is 0 Å². The van der Waals surface area contributed by atoms with E-state index in [1.807, 2.05) is 0 Å². The number of carbonyl (C=O) groups excluding carboxylic acids is 1. The summed E-state index contributed by atoms with van der Waals surface area (Å²) in [5, 5.41) is 2.63. The van der Waals surface area contributed by atoms with E-state index >= 15 is 0 Å². The van der Waals surface area contributed by atoms with Crippen LogP contribution in [0.4, 0.5) is 14.5 Å². The van der Waals surface area contributed by atoms with Gasteiger partial charge in [0.15, 0.2) is 0 Å². The van der Waals surface area contributed by atoms with Gasteiger partial charge in [-0.3, -0.25) is 4.79 Å². The molecule has 1 aromatic rings. The lowest BCUT2D eigenvalue weighted by molar-refractivity contribution is -0.116. The molecule has 4 nitrogen and oxygen atoms in total. The number of anilines is 1. The molecule has 1 saturated carbocycles. The van der Waals surface area contributed by atoms with E-state index < -0.39 is 6.61 Å². The molecule has 1 aliphatic carbocycles. The molecule has 104 valence electrons. The molecule has 1 aliphatic rings. The van der Waals surface area contributed by atoms with E-state index in [9.17, 15) is 13.6 Å². The first-order valence-electron chi connectivity index (χ1n) is 6.15. The van der Waals surface area contributed by atoms with Crippen LogP contribution in [-0.4, -0.2) is 18.6 Å². The number of benzene rings is 1. The van der Waals surface area contributed by atoms with Crippen LogP contribution in [0.15, 0.2) is 24.3 Å². The molecular formula is C13H16F2N2O2. The zero-order chi connectivity index (χ0) is 13.8. The maximum Gasteiger partial charge on any atom is 0.387 e. The van der Waals surface area contributed by atoms with Crippen molar-refractivity contribution in [3.8, 4) is 5.75 Å². The number of amides is 1. The molecule has 1 amide bonds. The van der Waals surface area contributed by atoms with E-state index in [4.69, 9.17) is 5.73 Å². The number of hydrogen-bond donors (Lipinski definition) is 2. The van der Waals surface area contributed by atoms with E-state index in [0.29, 0.717) is 11.6 Å². The average molecular weight is 270 g/mol. The first-order chi connectivity index (χ1) is 9.04. The van der Waals surface area contributed by atoms with Gasteiger partial charge in [0, 0.05) is 24.2 Å². The Balaban J connectivity index is 1.88. The molecule has 1 aromatic carbocycles. The molecule has 0 bridgehead atoms. The highest BCUT2D eigenvalue weighted by molar-refractivity contribution is 5.91. The Morgan fingerprint density at radius 2 is 2.21 bits per heavy atom. The number of alkyl halides is 2. The number of carbonyl (C=O) groups is 1. The van der Waals surface area contributed by atoms with Gasteiger partial charge in [-0.05, 0) is 30.9 Å². The van der Waals surface area contributed by atoms with Crippen LogP contribution in [0, 0.1) is 5.92 Å². The largest absolute Gasteiger partial charge is 0.435 e. The second-order valence-electron chi connectivity index (χ2n) is 4.66. The van der Waals surface area contributed by atoms with Crippen LogP contribution in [0.5, 0.6) is 5.75 Å². The Labute approximate surface area is 109 Å².